The van der Waals surface area contributed by atoms with Gasteiger partial charge in [-0.1, -0.05) is 24.3 Å². The minimum absolute atomic E-state index is 0.00415. The van der Waals surface area contributed by atoms with Crippen molar-refractivity contribution in [1.82, 2.24) is 15.5 Å². The van der Waals surface area contributed by atoms with Gasteiger partial charge in [-0.15, -0.1) is 0 Å². The fourth-order valence-electron chi connectivity index (χ4n) is 4.96. The monoisotopic (exact) mass is 384 g/mol. The molecule has 0 spiro atoms. The van der Waals surface area contributed by atoms with Gasteiger partial charge in [-0.25, -0.2) is 0 Å². The number of nitrogens with zero attached hydrogens (tertiary/aromatic N) is 1. The molecule has 3 aliphatic rings. The van der Waals surface area contributed by atoms with E-state index in [1.165, 1.54) is 24.0 Å². The number of hydrogen-bond donors (Lipinski definition) is 3. The zero-order valence-electron chi connectivity index (χ0n) is 16.5. The molecule has 0 aromatic heterocycles. The Bertz CT molecular complexity index is 716. The zero-order chi connectivity index (χ0) is 19.5. The van der Waals surface area contributed by atoms with Crippen LogP contribution in [-0.4, -0.2) is 42.4 Å². The fraction of sp³-hybridized carbons (Fsp3) is 0.636. The molecule has 152 valence electrons. The van der Waals surface area contributed by atoms with Crippen molar-refractivity contribution in [1.29, 1.82) is 0 Å². The first kappa shape index (κ1) is 19.4. The number of carbonyl (C=O) groups is 2. The van der Waals surface area contributed by atoms with E-state index in [2.05, 4.69) is 39.8 Å². The Morgan fingerprint density at radius 3 is 2.82 bits per heavy atom. The van der Waals surface area contributed by atoms with E-state index in [1.807, 2.05) is 0 Å². The molecule has 1 saturated carbocycles. The quantitative estimate of drug-likeness (QED) is 0.663. The predicted molar refractivity (Wildman–Crippen MR) is 108 cm³/mol. The van der Waals surface area contributed by atoms with Crippen LogP contribution < -0.4 is 16.4 Å². The molecule has 1 aliphatic carbocycles. The first-order valence-corrected chi connectivity index (χ1v) is 10.7. The number of nitrogens with one attached hydrogen (secondary N) is 2. The van der Waals surface area contributed by atoms with E-state index in [4.69, 9.17) is 5.73 Å². The van der Waals surface area contributed by atoms with E-state index in [-0.39, 0.29) is 17.7 Å². The summed E-state index contributed by atoms with van der Waals surface area (Å²) >= 11 is 0. The van der Waals surface area contributed by atoms with Gasteiger partial charge in [0.25, 0.3) is 0 Å². The van der Waals surface area contributed by atoms with E-state index in [1.54, 1.807) is 0 Å². The average Bonchev–Trinajstić information content (AvgIpc) is 3.07. The Labute approximate surface area is 167 Å². The summed E-state index contributed by atoms with van der Waals surface area (Å²) in [5, 5.41) is 6.62. The normalized spacial score (nSPS) is 30.6. The van der Waals surface area contributed by atoms with Crippen LogP contribution in [-0.2, 0) is 22.7 Å². The van der Waals surface area contributed by atoms with Gasteiger partial charge < -0.3 is 16.4 Å². The fourth-order valence-corrected chi connectivity index (χ4v) is 4.96. The van der Waals surface area contributed by atoms with Crippen LogP contribution in [0.2, 0.25) is 0 Å². The standard InChI is InChI=1S/C22H32N4O2/c23-22(28)17-5-2-6-26(14-17)13-16-4-1-3-15(7-16)11-24-20-8-18(9-20)19-10-21(27)25-12-19/h1,3-4,7,17-20,24H,2,5-6,8-14H2,(H2,23,28)(H,25,27). The van der Waals surface area contributed by atoms with Crippen molar-refractivity contribution in [2.24, 2.45) is 23.5 Å². The maximum atomic E-state index is 11.5. The van der Waals surface area contributed by atoms with Crippen molar-refractivity contribution in [3.05, 3.63) is 35.4 Å². The van der Waals surface area contributed by atoms with E-state index in [9.17, 15) is 9.59 Å². The minimum Gasteiger partial charge on any atom is -0.369 e. The van der Waals surface area contributed by atoms with Crippen LogP contribution in [0.3, 0.4) is 0 Å². The van der Waals surface area contributed by atoms with Gasteiger partial charge in [-0.3, -0.25) is 14.5 Å². The molecule has 28 heavy (non-hydrogen) atoms. The predicted octanol–water partition coefficient (Wildman–Crippen LogP) is 1.39. The molecule has 2 unspecified atom stereocenters. The summed E-state index contributed by atoms with van der Waals surface area (Å²) < 4.78 is 0. The second-order valence-corrected chi connectivity index (χ2v) is 8.87. The molecule has 4 N–H and O–H groups in total. The second kappa shape index (κ2) is 8.62. The number of nitrogens with two attached hydrogens (primary N) is 1. The number of benzene rings is 1. The average molecular weight is 385 g/mol. The van der Waals surface area contributed by atoms with E-state index in [0.717, 1.165) is 45.6 Å². The van der Waals surface area contributed by atoms with Gasteiger partial charge in [0.05, 0.1) is 5.92 Å². The molecular formula is C22H32N4O2. The molecule has 0 radical (unpaired) electrons. The third-order valence-electron chi connectivity index (χ3n) is 6.75. The molecule has 2 aliphatic heterocycles. The van der Waals surface area contributed by atoms with E-state index >= 15 is 0 Å². The van der Waals surface area contributed by atoms with Crippen molar-refractivity contribution >= 4 is 11.8 Å². The molecule has 6 heteroatoms. The van der Waals surface area contributed by atoms with Crippen molar-refractivity contribution in [2.75, 3.05) is 19.6 Å². The molecule has 1 aromatic rings. The van der Waals surface area contributed by atoms with Gasteiger partial charge in [0.1, 0.15) is 0 Å². The third-order valence-corrected chi connectivity index (χ3v) is 6.75. The molecule has 1 aromatic carbocycles. The highest BCUT2D eigenvalue weighted by Crippen LogP contribution is 2.37. The lowest BCUT2D eigenvalue weighted by Crippen LogP contribution is -2.44. The van der Waals surface area contributed by atoms with Crippen LogP contribution in [0.25, 0.3) is 0 Å². The van der Waals surface area contributed by atoms with Gasteiger partial charge in [-0.2, -0.15) is 0 Å². The highest BCUT2D eigenvalue weighted by Gasteiger charge is 2.38. The highest BCUT2D eigenvalue weighted by atomic mass is 16.2. The molecule has 2 amide bonds. The second-order valence-electron chi connectivity index (χ2n) is 8.87. The van der Waals surface area contributed by atoms with Crippen LogP contribution in [0.15, 0.2) is 24.3 Å². The summed E-state index contributed by atoms with van der Waals surface area (Å²) in [5.41, 5.74) is 8.10. The molecule has 3 fully saturated rings. The Morgan fingerprint density at radius 1 is 1.25 bits per heavy atom. The summed E-state index contributed by atoms with van der Waals surface area (Å²) in [7, 11) is 0. The largest absolute Gasteiger partial charge is 0.369 e. The topological polar surface area (TPSA) is 87.5 Å². The SMILES string of the molecule is NC(=O)C1CCCN(Cc2cccc(CNC3CC(C4CNC(=O)C4)C3)c2)C1. The maximum Gasteiger partial charge on any atom is 0.221 e. The van der Waals surface area contributed by atoms with E-state index < -0.39 is 0 Å². The molecular weight excluding hydrogens is 352 g/mol. The van der Waals surface area contributed by atoms with Crippen LogP contribution in [0.1, 0.15) is 43.2 Å². The van der Waals surface area contributed by atoms with Crippen molar-refractivity contribution in [3.8, 4) is 0 Å². The summed E-state index contributed by atoms with van der Waals surface area (Å²) in [6, 6.07) is 9.32. The third kappa shape index (κ3) is 4.73. The summed E-state index contributed by atoms with van der Waals surface area (Å²) in [6.45, 7) is 4.45. The van der Waals surface area contributed by atoms with Crippen molar-refractivity contribution < 1.29 is 9.59 Å². The van der Waals surface area contributed by atoms with Crippen molar-refractivity contribution in [3.63, 3.8) is 0 Å². The Morgan fingerprint density at radius 2 is 2.07 bits per heavy atom. The van der Waals surface area contributed by atoms with Crippen LogP contribution in [0.4, 0.5) is 0 Å². The van der Waals surface area contributed by atoms with Gasteiger partial charge in [0.2, 0.25) is 11.8 Å². The van der Waals surface area contributed by atoms with Crippen LogP contribution in [0, 0.1) is 17.8 Å². The zero-order valence-corrected chi connectivity index (χ0v) is 16.5. The lowest BCUT2D eigenvalue weighted by atomic mass is 9.72. The lowest BCUT2D eigenvalue weighted by Gasteiger charge is -2.39. The Balaban J connectivity index is 1.22. The summed E-state index contributed by atoms with van der Waals surface area (Å²) in [6.07, 6.45) is 5.04. The summed E-state index contributed by atoms with van der Waals surface area (Å²) in [4.78, 5) is 25.2. The van der Waals surface area contributed by atoms with Gasteiger partial charge >= 0.3 is 0 Å². The molecule has 0 bridgehead atoms. The Kier molecular flexibility index (Phi) is 5.97. The minimum atomic E-state index is -0.167. The summed E-state index contributed by atoms with van der Waals surface area (Å²) in [5.74, 6) is 1.28. The number of carbonyl (C=O) groups excluding carboxylic acids is 2. The molecule has 2 atom stereocenters. The maximum absolute atomic E-state index is 11.5. The number of amides is 2. The van der Waals surface area contributed by atoms with Gasteiger partial charge in [0, 0.05) is 38.6 Å². The molecule has 6 nitrogen and oxygen atoms in total. The number of piperidine rings is 1. The molecule has 2 saturated heterocycles. The first-order chi connectivity index (χ1) is 13.6. The van der Waals surface area contributed by atoms with E-state index in [0.29, 0.717) is 24.3 Å². The van der Waals surface area contributed by atoms with Crippen LogP contribution >= 0.6 is 0 Å². The number of hydrogen-bond acceptors (Lipinski definition) is 4. The number of rotatable bonds is 7. The van der Waals surface area contributed by atoms with Gasteiger partial charge in [0.15, 0.2) is 0 Å². The van der Waals surface area contributed by atoms with Gasteiger partial charge in [-0.05, 0) is 55.2 Å². The smallest absolute Gasteiger partial charge is 0.221 e. The molecule has 4 rings (SSSR count). The number of primary amides is 1. The molecule has 2 heterocycles. The first-order valence-electron chi connectivity index (χ1n) is 10.7. The lowest BCUT2D eigenvalue weighted by molar-refractivity contribution is -0.123. The van der Waals surface area contributed by atoms with Crippen LogP contribution in [0.5, 0.6) is 0 Å². The Hall–Kier alpha value is -1.92. The van der Waals surface area contributed by atoms with Crippen molar-refractivity contribution in [2.45, 2.75) is 51.2 Å². The highest BCUT2D eigenvalue weighted by molar-refractivity contribution is 5.78. The number of likely N-dealkylation sites (tertiary alicyclic amines) is 1.